The topological polar surface area (TPSA) is 307 Å². The Morgan fingerprint density at radius 1 is 0.887 bits per heavy atom. The van der Waals surface area contributed by atoms with Gasteiger partial charge < -0.3 is 48.5 Å². The van der Waals surface area contributed by atoms with Gasteiger partial charge in [-0.1, -0.05) is 35.5 Å². The van der Waals surface area contributed by atoms with Crippen molar-refractivity contribution in [2.45, 2.75) is 75.7 Å². The summed E-state index contributed by atoms with van der Waals surface area (Å²) in [7, 11) is 0. The molecular formula is C32H45FN12O8. The zero-order valence-corrected chi connectivity index (χ0v) is 28.9. The van der Waals surface area contributed by atoms with Crippen molar-refractivity contribution in [3.63, 3.8) is 0 Å². The zero-order valence-electron chi connectivity index (χ0n) is 28.9. The zero-order chi connectivity index (χ0) is 38.8. The summed E-state index contributed by atoms with van der Waals surface area (Å²) in [5, 5.41) is 31.9. The molecule has 4 atom stereocenters. The molecule has 0 aliphatic carbocycles. The Morgan fingerprint density at radius 2 is 1.53 bits per heavy atom. The van der Waals surface area contributed by atoms with E-state index < -0.39 is 85.2 Å². The molecular weight excluding hydrogens is 698 g/mol. The minimum Gasteiger partial charge on any atom is -0.481 e. The Labute approximate surface area is 303 Å². The number of carbonyl (C=O) groups excluding carboxylic acids is 6. The number of aromatic nitrogens is 3. The standard InChI is InChI=1S/C32H45FN12O8/c33-11-14-45-18-24(43-44-45)28(50)36-12-5-4-9-21-30(52)41-22(15-19-7-2-1-3-8-19)31(53)42-23(16-26(47)48)27(49)38-17-25(46)39-20(29(51)40-21)10-6-13-37-32(34)35/h1-3,7-8,18,20-23H,4-6,9-17H2,(H,36,50)(H,38,49)(H,39,46)(H,40,51)(H,41,52)(H,42,53)(H,47,48)(H4,34,35,37)/t20-,21-,22+,23-/m0/s1/i33-1. The largest absolute Gasteiger partial charge is 0.481 e. The second-order valence-electron chi connectivity index (χ2n) is 12.1. The van der Waals surface area contributed by atoms with E-state index in [0.29, 0.717) is 12.0 Å². The van der Waals surface area contributed by atoms with Gasteiger partial charge in [-0.25, -0.2) is 9.07 Å². The molecule has 2 aromatic rings. The van der Waals surface area contributed by atoms with Crippen molar-refractivity contribution in [1.29, 1.82) is 0 Å². The molecule has 20 nitrogen and oxygen atoms in total. The van der Waals surface area contributed by atoms with Gasteiger partial charge in [0.15, 0.2) is 11.7 Å². The summed E-state index contributed by atoms with van der Waals surface area (Å²) in [5.41, 5.74) is 11.4. The van der Waals surface area contributed by atoms with Crippen LogP contribution in [0.4, 0.5) is 4.39 Å². The van der Waals surface area contributed by atoms with Gasteiger partial charge in [0.1, 0.15) is 30.8 Å². The molecule has 1 aromatic heterocycles. The van der Waals surface area contributed by atoms with Crippen molar-refractivity contribution in [2.24, 2.45) is 16.5 Å². The van der Waals surface area contributed by atoms with E-state index in [0.717, 1.165) is 0 Å². The summed E-state index contributed by atoms with van der Waals surface area (Å²) in [4.78, 5) is 94.8. The molecule has 21 heteroatoms. The van der Waals surface area contributed by atoms with Gasteiger partial charge in [-0.2, -0.15) is 0 Å². The normalized spacial score (nSPS) is 20.0. The molecule has 0 radical (unpaired) electrons. The number of carbonyl (C=O) groups is 7. The highest BCUT2D eigenvalue weighted by atomic mass is 18.2. The van der Waals surface area contributed by atoms with E-state index in [1.807, 2.05) is 0 Å². The Kier molecular flexibility index (Phi) is 16.6. The first-order chi connectivity index (χ1) is 25.4. The lowest BCUT2D eigenvalue weighted by atomic mass is 10.0. The van der Waals surface area contributed by atoms with Crippen LogP contribution in [-0.4, -0.2) is 118 Å². The summed E-state index contributed by atoms with van der Waals surface area (Å²) in [5.74, 6) is -6.31. The third kappa shape index (κ3) is 14.5. The average Bonchev–Trinajstić information content (AvgIpc) is 3.59. The van der Waals surface area contributed by atoms with Crippen LogP contribution in [0.1, 0.15) is 54.6 Å². The van der Waals surface area contributed by atoms with Crippen molar-refractivity contribution in [3.05, 3.63) is 47.8 Å². The molecule has 3 rings (SSSR count). The summed E-state index contributed by atoms with van der Waals surface area (Å²) < 4.78 is 13.8. The van der Waals surface area contributed by atoms with Crippen LogP contribution in [0.3, 0.4) is 0 Å². The van der Waals surface area contributed by atoms with Gasteiger partial charge in [-0.15, -0.1) is 5.10 Å². The number of alkyl halides is 1. The number of benzene rings is 1. The summed E-state index contributed by atoms with van der Waals surface area (Å²) in [6.45, 7) is -1.13. The maximum Gasteiger partial charge on any atom is 0.305 e. The van der Waals surface area contributed by atoms with Crippen molar-refractivity contribution in [2.75, 3.05) is 26.3 Å². The molecule has 0 saturated carbocycles. The molecule has 1 fully saturated rings. The summed E-state index contributed by atoms with van der Waals surface area (Å²) >= 11 is 0. The average molecular weight is 744 g/mol. The predicted molar refractivity (Wildman–Crippen MR) is 185 cm³/mol. The van der Waals surface area contributed by atoms with Crippen LogP contribution in [0.2, 0.25) is 0 Å². The second-order valence-corrected chi connectivity index (χ2v) is 12.1. The van der Waals surface area contributed by atoms with Crippen LogP contribution < -0.4 is 43.4 Å². The fourth-order valence-corrected chi connectivity index (χ4v) is 5.20. The van der Waals surface area contributed by atoms with Crippen LogP contribution in [-0.2, 0) is 41.7 Å². The van der Waals surface area contributed by atoms with Crippen molar-refractivity contribution in [1.82, 2.24) is 46.9 Å². The maximum atomic E-state index is 13.9. The Hall–Kier alpha value is -6.15. The quantitative estimate of drug-likeness (QED) is 0.0472. The molecule has 1 aliphatic heterocycles. The van der Waals surface area contributed by atoms with Crippen molar-refractivity contribution >= 4 is 47.4 Å². The number of aliphatic carboxylic acids is 1. The van der Waals surface area contributed by atoms with Gasteiger partial charge in [0.05, 0.1) is 25.7 Å². The maximum absolute atomic E-state index is 13.9. The van der Waals surface area contributed by atoms with E-state index in [9.17, 15) is 43.1 Å². The lowest BCUT2D eigenvalue weighted by Crippen LogP contribution is -2.58. The number of nitrogens with two attached hydrogens (primary N) is 2. The summed E-state index contributed by atoms with van der Waals surface area (Å²) in [6.07, 6.45) is 1.32. The molecule has 53 heavy (non-hydrogen) atoms. The molecule has 1 saturated heterocycles. The number of rotatable bonds is 16. The molecule has 6 amide bonds. The number of carboxylic acid groups (broad SMARTS) is 1. The number of aryl methyl sites for hydroxylation is 1. The van der Waals surface area contributed by atoms with Crippen LogP contribution in [0.15, 0.2) is 41.5 Å². The Morgan fingerprint density at radius 3 is 2.21 bits per heavy atom. The van der Waals surface area contributed by atoms with Crippen LogP contribution in [0.5, 0.6) is 0 Å². The molecule has 1 aliphatic rings. The Balaban J connectivity index is 1.85. The highest BCUT2D eigenvalue weighted by Crippen LogP contribution is 2.09. The van der Waals surface area contributed by atoms with E-state index in [1.165, 1.54) is 10.9 Å². The van der Waals surface area contributed by atoms with Gasteiger partial charge >= 0.3 is 5.97 Å². The third-order valence-electron chi connectivity index (χ3n) is 7.87. The van der Waals surface area contributed by atoms with Gasteiger partial charge in [-0.05, 0) is 37.7 Å². The molecule has 2 heterocycles. The summed E-state index contributed by atoms with van der Waals surface area (Å²) in [6, 6.07) is 3.20. The van der Waals surface area contributed by atoms with Gasteiger partial charge in [0, 0.05) is 19.5 Å². The fourth-order valence-electron chi connectivity index (χ4n) is 5.20. The highest BCUT2D eigenvalue weighted by molar-refractivity contribution is 5.98. The lowest BCUT2D eigenvalue weighted by Gasteiger charge is -2.26. The monoisotopic (exact) mass is 743 g/mol. The number of unbranched alkanes of at least 4 members (excludes halogenated alkanes) is 1. The van der Waals surface area contributed by atoms with E-state index in [-0.39, 0.29) is 63.4 Å². The number of amides is 6. The van der Waals surface area contributed by atoms with Gasteiger partial charge in [-0.3, -0.25) is 38.6 Å². The van der Waals surface area contributed by atoms with E-state index >= 15 is 0 Å². The SMILES string of the molecule is NC(N)=NCCC[C@@H]1NC(=O)CNC(=O)[C@H](CC(=O)O)NC(=O)[C@@H](Cc2ccccc2)NC(=O)[C@H](CCCCNC(=O)c2cn(CC[18F])nn2)NC1=O. The predicted octanol–water partition coefficient (Wildman–Crippen LogP) is -3.01. The highest BCUT2D eigenvalue weighted by Gasteiger charge is 2.33. The van der Waals surface area contributed by atoms with Crippen molar-refractivity contribution in [3.8, 4) is 0 Å². The first-order valence-corrected chi connectivity index (χ1v) is 16.9. The molecule has 0 unspecified atom stereocenters. The molecule has 1 aromatic carbocycles. The van der Waals surface area contributed by atoms with Crippen LogP contribution >= 0.6 is 0 Å². The number of carboxylic acids is 1. The lowest BCUT2D eigenvalue weighted by molar-refractivity contribution is -0.141. The molecule has 288 valence electrons. The second kappa shape index (κ2) is 21.3. The van der Waals surface area contributed by atoms with Crippen molar-refractivity contribution < 1.29 is 43.1 Å². The van der Waals surface area contributed by atoms with Crippen LogP contribution in [0, 0.1) is 0 Å². The first kappa shape index (κ1) is 41.3. The number of aliphatic imine (C=N–C) groups is 1. The minimum absolute atomic E-state index is 0.00918. The molecule has 11 N–H and O–H groups in total. The number of nitrogens with one attached hydrogen (secondary N) is 6. The number of hydrogen-bond acceptors (Lipinski definition) is 10. The third-order valence-corrected chi connectivity index (χ3v) is 7.87. The number of nitrogens with zero attached hydrogens (tertiary/aromatic N) is 4. The van der Waals surface area contributed by atoms with Gasteiger partial charge in [0.25, 0.3) is 5.91 Å². The fraction of sp³-hybridized carbons (Fsp3) is 0.500. The molecule has 0 spiro atoms. The number of halogens is 1. The van der Waals surface area contributed by atoms with E-state index in [4.69, 9.17) is 11.5 Å². The number of guanidine groups is 1. The smallest absolute Gasteiger partial charge is 0.305 e. The Bertz CT molecular complexity index is 1620. The van der Waals surface area contributed by atoms with E-state index in [2.05, 4.69) is 47.2 Å². The molecule has 0 bridgehead atoms. The van der Waals surface area contributed by atoms with Crippen LogP contribution in [0.25, 0.3) is 0 Å². The van der Waals surface area contributed by atoms with E-state index in [1.54, 1.807) is 30.3 Å². The number of hydrogen-bond donors (Lipinski definition) is 9. The van der Waals surface area contributed by atoms with Gasteiger partial charge in [0.2, 0.25) is 29.5 Å². The minimum atomic E-state index is -1.61. The first-order valence-electron chi connectivity index (χ1n) is 16.9.